The van der Waals surface area contributed by atoms with Crippen LogP contribution in [-0.2, 0) is 32.6 Å². The number of hydrogen-bond donors (Lipinski definition) is 13. The maximum absolute atomic E-state index is 15.2. The number of imidazole rings is 1. The van der Waals surface area contributed by atoms with Crippen LogP contribution in [0.1, 0.15) is 78.0 Å². The molecule has 1 saturated carbocycles. The molecule has 19 heteroatoms. The molecular formula is C49H55N3O16. The number of nitrogens with zero attached hydrogens (tertiary/aromatic N) is 2. The monoisotopic (exact) mass is 941 g/mol. The lowest BCUT2D eigenvalue weighted by Gasteiger charge is -2.58. The number of aliphatic hydroxyl groups is 7. The number of hydrogen-bond acceptors (Lipinski definition) is 16. The molecule has 5 aliphatic rings. The minimum atomic E-state index is -3.32. The van der Waals surface area contributed by atoms with E-state index in [1.165, 1.54) is 36.7 Å². The number of H-pyrrole nitrogens is 1. The number of anilines is 1. The first-order chi connectivity index (χ1) is 32.6. The van der Waals surface area contributed by atoms with Crippen molar-refractivity contribution in [3.05, 3.63) is 106 Å². The Labute approximate surface area is 389 Å². The number of aromatic amines is 1. The molecule has 13 N–H and O–H groups in total. The molecule has 0 spiro atoms. The summed E-state index contributed by atoms with van der Waals surface area (Å²) in [6.07, 6.45) is 2.12. The highest BCUT2D eigenvalue weighted by atomic mass is 16.8. The van der Waals surface area contributed by atoms with Gasteiger partial charge in [-0.15, -0.1) is 0 Å². The van der Waals surface area contributed by atoms with Gasteiger partial charge < -0.3 is 75.7 Å². The summed E-state index contributed by atoms with van der Waals surface area (Å²) in [6.45, 7) is -1.67. The van der Waals surface area contributed by atoms with E-state index in [9.17, 15) is 66.1 Å². The number of nitrogens with one attached hydrogen (secondary N) is 1. The minimum absolute atomic E-state index is 0.0393. The SMILES string of the molecule is O=C(C=Cc1ccc(O)c(Cc2cnc[nH]2)c1)N1c2cc(OC3(O)OC(CO)C(O)C(O)C3O)c(O)c(O)c2C2C(C34c5c(O)cccc5CCC3CCCC4CO)C(CCCO)=CC21C(=O)O. The lowest BCUT2D eigenvalue weighted by molar-refractivity contribution is -0.422. The number of aromatic nitrogens is 2. The number of phenolic OH excluding ortho intramolecular Hbond substituents is 4. The first kappa shape index (κ1) is 47.1. The van der Waals surface area contributed by atoms with E-state index in [2.05, 4.69) is 9.97 Å². The molecule has 362 valence electrons. The van der Waals surface area contributed by atoms with Crippen molar-refractivity contribution in [3.63, 3.8) is 0 Å². The average molecular weight is 942 g/mol. The summed E-state index contributed by atoms with van der Waals surface area (Å²) in [7, 11) is 0. The highest BCUT2D eigenvalue weighted by Gasteiger charge is 2.71. The van der Waals surface area contributed by atoms with Crippen LogP contribution in [0.3, 0.4) is 0 Å². The van der Waals surface area contributed by atoms with Crippen LogP contribution in [0, 0.1) is 17.8 Å². The second-order valence-electron chi connectivity index (χ2n) is 18.6. The Morgan fingerprint density at radius 1 is 0.941 bits per heavy atom. The number of aliphatic hydroxyl groups excluding tert-OH is 6. The number of benzene rings is 3. The fourth-order valence-electron chi connectivity index (χ4n) is 12.4. The zero-order valence-corrected chi connectivity index (χ0v) is 36.7. The molecule has 11 atom stereocenters. The van der Waals surface area contributed by atoms with E-state index in [0.717, 1.165) is 22.6 Å². The number of carbonyl (C=O) groups excluding carboxylic acids is 1. The average Bonchev–Trinajstić information content (AvgIpc) is 4.04. The van der Waals surface area contributed by atoms with Crippen molar-refractivity contribution in [2.45, 2.75) is 98.6 Å². The molecule has 4 aromatic rings. The zero-order chi connectivity index (χ0) is 48.4. The number of amides is 1. The molecule has 3 aromatic carbocycles. The molecule has 68 heavy (non-hydrogen) atoms. The predicted octanol–water partition coefficient (Wildman–Crippen LogP) is 1.91. The molecule has 3 heterocycles. The normalized spacial score (nSPS) is 31.8. The Kier molecular flexibility index (Phi) is 12.3. The summed E-state index contributed by atoms with van der Waals surface area (Å²) >= 11 is 0. The number of ether oxygens (including phenoxy) is 2. The standard InChI is InChI=1S/C49H55N3O16/c53-15-3-5-26-19-47(46(64)65)40(39(26)48-28(6-2-7-29(48)21-54)12-11-25-4-1-8-33(57)38(25)48)37-31(18-34(41(59)43(37)61)67-49(66)45(63)44(62)42(60)35(22-55)68-49)52(47)36(58)14-10-24-9-13-32(56)27(16-24)17-30-20-50-23-51-30/h1,4,8-10,13-14,16,18-20,23,28-29,35,39-40,42,44-45,53-57,59-63,66H,2-3,5-7,11-12,15,17,21-22H2,(H,50,51)(H,64,65). The van der Waals surface area contributed by atoms with Crippen LogP contribution in [0.2, 0.25) is 0 Å². The fraction of sp³-hybridized carbons (Fsp3) is 0.449. The lowest BCUT2D eigenvalue weighted by Crippen LogP contribution is -2.67. The quantitative estimate of drug-likeness (QED) is 0.0394. The first-order valence-electron chi connectivity index (χ1n) is 22.7. The van der Waals surface area contributed by atoms with Gasteiger partial charge in [-0.2, -0.15) is 0 Å². The molecule has 1 aromatic heterocycles. The molecular weight excluding hydrogens is 887 g/mol. The fourth-order valence-corrected chi connectivity index (χ4v) is 12.4. The Hall–Kier alpha value is -6.03. The van der Waals surface area contributed by atoms with Gasteiger partial charge in [-0.1, -0.05) is 30.2 Å². The van der Waals surface area contributed by atoms with Gasteiger partial charge in [-0.3, -0.25) is 9.69 Å². The van der Waals surface area contributed by atoms with Gasteiger partial charge >= 0.3 is 11.9 Å². The molecule has 2 aliphatic heterocycles. The molecule has 0 bridgehead atoms. The summed E-state index contributed by atoms with van der Waals surface area (Å²) in [5.41, 5.74) is -0.951. The summed E-state index contributed by atoms with van der Waals surface area (Å²) < 4.78 is 10.9. The Balaban J connectivity index is 1.28. The lowest BCUT2D eigenvalue weighted by atomic mass is 9.45. The summed E-state index contributed by atoms with van der Waals surface area (Å²) in [4.78, 5) is 37.8. The van der Waals surface area contributed by atoms with Crippen LogP contribution in [0.4, 0.5) is 5.69 Å². The number of aliphatic carboxylic acids is 1. The van der Waals surface area contributed by atoms with Gasteiger partial charge in [-0.25, -0.2) is 9.78 Å². The molecule has 11 unspecified atom stereocenters. The number of phenols is 4. The molecule has 3 aliphatic carbocycles. The largest absolute Gasteiger partial charge is 0.508 e. The van der Waals surface area contributed by atoms with Crippen molar-refractivity contribution in [1.29, 1.82) is 0 Å². The van der Waals surface area contributed by atoms with Crippen LogP contribution >= 0.6 is 0 Å². The number of aromatic hydroxyl groups is 4. The van der Waals surface area contributed by atoms with E-state index in [-0.39, 0.29) is 61.1 Å². The Morgan fingerprint density at radius 2 is 1.74 bits per heavy atom. The van der Waals surface area contributed by atoms with Crippen molar-refractivity contribution in [2.24, 2.45) is 17.8 Å². The van der Waals surface area contributed by atoms with Crippen molar-refractivity contribution in [3.8, 4) is 28.7 Å². The molecule has 1 amide bonds. The van der Waals surface area contributed by atoms with E-state index in [0.29, 0.717) is 60.1 Å². The summed E-state index contributed by atoms with van der Waals surface area (Å²) in [6, 6.07) is 10.7. The molecule has 19 nitrogen and oxygen atoms in total. The van der Waals surface area contributed by atoms with Gasteiger partial charge in [0.25, 0.3) is 5.91 Å². The van der Waals surface area contributed by atoms with Gasteiger partial charge in [0.05, 0.1) is 18.6 Å². The zero-order valence-electron chi connectivity index (χ0n) is 36.7. The highest BCUT2D eigenvalue weighted by Crippen LogP contribution is 2.72. The third-order valence-electron chi connectivity index (χ3n) is 15.1. The first-order valence-corrected chi connectivity index (χ1v) is 22.7. The number of allylic oxidation sites excluding steroid dienone is 1. The van der Waals surface area contributed by atoms with Gasteiger partial charge in [-0.05, 0) is 91.8 Å². The van der Waals surface area contributed by atoms with E-state index in [4.69, 9.17) is 9.47 Å². The predicted molar refractivity (Wildman–Crippen MR) is 238 cm³/mol. The molecule has 0 radical (unpaired) electrons. The van der Waals surface area contributed by atoms with Gasteiger partial charge in [0.15, 0.2) is 23.1 Å². The van der Waals surface area contributed by atoms with Gasteiger partial charge in [0, 0.05) is 77.6 Å². The van der Waals surface area contributed by atoms with E-state index in [1.54, 1.807) is 18.3 Å². The van der Waals surface area contributed by atoms with E-state index >= 15 is 4.79 Å². The molecule has 1 saturated heterocycles. The van der Waals surface area contributed by atoms with Gasteiger partial charge in [0.2, 0.25) is 5.75 Å². The number of carbonyl (C=O) groups is 2. The van der Waals surface area contributed by atoms with E-state index in [1.807, 2.05) is 6.07 Å². The van der Waals surface area contributed by atoms with Gasteiger partial charge in [0.1, 0.15) is 29.8 Å². The Morgan fingerprint density at radius 3 is 2.44 bits per heavy atom. The minimum Gasteiger partial charge on any atom is -0.508 e. The van der Waals surface area contributed by atoms with Crippen molar-refractivity contribution < 1.29 is 80.3 Å². The summed E-state index contributed by atoms with van der Waals surface area (Å²) in [5, 5.41) is 134. The van der Waals surface area contributed by atoms with Crippen molar-refractivity contribution in [1.82, 2.24) is 9.97 Å². The summed E-state index contributed by atoms with van der Waals surface area (Å²) in [5.74, 6) is -12.4. The second kappa shape index (κ2) is 17.8. The number of carboxylic acids is 1. The number of aryl methyl sites for hydroxylation is 1. The maximum atomic E-state index is 15.2. The third-order valence-corrected chi connectivity index (χ3v) is 15.1. The number of rotatable bonds is 13. The number of fused-ring (bicyclic) bond motifs is 6. The maximum Gasteiger partial charge on any atom is 0.355 e. The smallest absolute Gasteiger partial charge is 0.355 e. The van der Waals surface area contributed by atoms with Crippen LogP contribution in [0.25, 0.3) is 6.08 Å². The highest BCUT2D eigenvalue weighted by molar-refractivity contribution is 6.13. The van der Waals surface area contributed by atoms with Crippen LogP contribution in [-0.4, -0.2) is 139 Å². The Bertz CT molecular complexity index is 2650. The topological polar surface area (TPSA) is 327 Å². The van der Waals surface area contributed by atoms with E-state index < -0.39 is 94.8 Å². The third kappa shape index (κ3) is 7.13. The second-order valence-corrected chi connectivity index (χ2v) is 18.6. The molecule has 2 fully saturated rings. The van der Waals surface area contributed by atoms with Crippen molar-refractivity contribution >= 4 is 23.6 Å². The van der Waals surface area contributed by atoms with Crippen LogP contribution in [0.15, 0.2) is 72.7 Å². The molecule has 9 rings (SSSR count). The van der Waals surface area contributed by atoms with Crippen LogP contribution in [0.5, 0.6) is 28.7 Å². The van der Waals surface area contributed by atoms with Crippen LogP contribution < -0.4 is 9.64 Å². The van der Waals surface area contributed by atoms with Crippen molar-refractivity contribution in [2.75, 3.05) is 24.7 Å². The number of carboxylic acid groups (broad SMARTS) is 1.